The van der Waals surface area contributed by atoms with E-state index in [0.717, 1.165) is 31.6 Å². The second-order valence-electron chi connectivity index (χ2n) is 5.89. The zero-order chi connectivity index (χ0) is 15.2. The summed E-state index contributed by atoms with van der Waals surface area (Å²) in [4.78, 5) is 14.2. The minimum Gasteiger partial charge on any atom is -0.373 e. The van der Waals surface area contributed by atoms with E-state index in [4.69, 9.17) is 4.74 Å². The van der Waals surface area contributed by atoms with Crippen molar-refractivity contribution in [2.45, 2.75) is 38.9 Å². The van der Waals surface area contributed by atoms with E-state index < -0.39 is 0 Å². The van der Waals surface area contributed by atoms with E-state index >= 15 is 0 Å². The number of morpholine rings is 1. The van der Waals surface area contributed by atoms with E-state index in [1.54, 1.807) is 4.68 Å². The fourth-order valence-corrected chi connectivity index (χ4v) is 2.77. The zero-order valence-corrected chi connectivity index (χ0v) is 13.2. The monoisotopic (exact) mass is 294 g/mol. The molecular weight excluding hydrogens is 268 g/mol. The number of hydrogen-bond acceptors (Lipinski definition) is 4. The third-order valence-corrected chi connectivity index (χ3v) is 3.64. The molecule has 2 atom stereocenters. The molecule has 1 fully saturated rings. The van der Waals surface area contributed by atoms with Gasteiger partial charge in [-0.25, -0.2) is 0 Å². The molecule has 0 aromatic carbocycles. The zero-order valence-electron chi connectivity index (χ0n) is 13.2. The molecule has 1 N–H and O–H groups in total. The lowest BCUT2D eigenvalue weighted by Crippen LogP contribution is -2.47. The topological polar surface area (TPSA) is 59.4 Å². The summed E-state index contributed by atoms with van der Waals surface area (Å²) in [6, 6.07) is 0. The second kappa shape index (κ2) is 7.56. The number of hydrogen-bond donors (Lipinski definition) is 1. The van der Waals surface area contributed by atoms with Crippen LogP contribution in [0.4, 0.5) is 0 Å². The van der Waals surface area contributed by atoms with Crippen molar-refractivity contribution in [2.24, 2.45) is 7.05 Å². The first-order chi connectivity index (χ1) is 10.0. The molecule has 1 amide bonds. The minimum absolute atomic E-state index is 0.105. The van der Waals surface area contributed by atoms with Crippen molar-refractivity contribution in [3.63, 3.8) is 0 Å². The van der Waals surface area contributed by atoms with Crippen LogP contribution in [0.15, 0.2) is 12.4 Å². The van der Waals surface area contributed by atoms with Crippen LogP contribution in [0.5, 0.6) is 0 Å². The van der Waals surface area contributed by atoms with E-state index in [0.29, 0.717) is 13.0 Å². The van der Waals surface area contributed by atoms with Crippen LogP contribution in [-0.2, 0) is 23.0 Å². The number of rotatable bonds is 6. The lowest BCUT2D eigenvalue weighted by molar-refractivity contribution is -0.121. The van der Waals surface area contributed by atoms with Gasteiger partial charge in [-0.05, 0) is 25.8 Å². The molecule has 1 aromatic heterocycles. The SMILES string of the molecule is C[C@H]1CN(CCNC(=O)CCc2cnn(C)c2)C[C@H](C)O1. The van der Waals surface area contributed by atoms with E-state index in [9.17, 15) is 4.79 Å². The molecule has 0 aliphatic carbocycles. The number of carbonyl (C=O) groups is 1. The van der Waals surface area contributed by atoms with Gasteiger partial charge in [-0.2, -0.15) is 5.10 Å². The van der Waals surface area contributed by atoms with E-state index in [1.807, 2.05) is 19.4 Å². The Hall–Kier alpha value is -1.40. The largest absolute Gasteiger partial charge is 0.373 e. The van der Waals surface area contributed by atoms with Gasteiger partial charge in [0.25, 0.3) is 0 Å². The Morgan fingerprint density at radius 3 is 2.76 bits per heavy atom. The lowest BCUT2D eigenvalue weighted by atomic mass is 10.2. The standard InChI is InChI=1S/C15H26N4O2/c1-12-9-19(10-13(2)21-12)7-6-16-15(20)5-4-14-8-17-18(3)11-14/h8,11-13H,4-7,9-10H2,1-3H3,(H,16,20)/t12-,13-/m0/s1. The van der Waals surface area contributed by atoms with E-state index in [-0.39, 0.29) is 18.1 Å². The van der Waals surface area contributed by atoms with Crippen LogP contribution in [0.2, 0.25) is 0 Å². The van der Waals surface area contributed by atoms with Crippen LogP contribution in [0, 0.1) is 0 Å². The summed E-state index contributed by atoms with van der Waals surface area (Å²) in [6.45, 7) is 7.65. The van der Waals surface area contributed by atoms with Gasteiger partial charge in [0.2, 0.25) is 5.91 Å². The van der Waals surface area contributed by atoms with Crippen molar-refractivity contribution in [3.05, 3.63) is 18.0 Å². The Balaban J connectivity index is 1.60. The predicted octanol–water partition coefficient (Wildman–Crippen LogP) is 0.578. The molecule has 1 aromatic rings. The Kier molecular flexibility index (Phi) is 5.76. The molecule has 0 radical (unpaired) electrons. The second-order valence-corrected chi connectivity index (χ2v) is 5.89. The fourth-order valence-electron chi connectivity index (χ4n) is 2.77. The molecule has 21 heavy (non-hydrogen) atoms. The van der Waals surface area contributed by atoms with Gasteiger partial charge in [-0.15, -0.1) is 0 Å². The first kappa shape index (κ1) is 16.0. The maximum absolute atomic E-state index is 11.8. The Labute approximate surface area is 126 Å². The van der Waals surface area contributed by atoms with Crippen LogP contribution in [0.25, 0.3) is 0 Å². The summed E-state index contributed by atoms with van der Waals surface area (Å²) in [5, 5.41) is 7.09. The van der Waals surface area contributed by atoms with E-state index in [2.05, 4.69) is 29.2 Å². The number of nitrogens with zero attached hydrogens (tertiary/aromatic N) is 3. The highest BCUT2D eigenvalue weighted by molar-refractivity contribution is 5.76. The van der Waals surface area contributed by atoms with Crippen LogP contribution in [-0.4, -0.2) is 59.0 Å². The van der Waals surface area contributed by atoms with Crippen LogP contribution >= 0.6 is 0 Å². The van der Waals surface area contributed by atoms with Gasteiger partial charge in [0.1, 0.15) is 0 Å². The third-order valence-electron chi connectivity index (χ3n) is 3.64. The summed E-state index contributed by atoms with van der Waals surface area (Å²) in [5.74, 6) is 0.105. The number of ether oxygens (including phenoxy) is 1. The van der Waals surface area contributed by atoms with Crippen molar-refractivity contribution in [3.8, 4) is 0 Å². The van der Waals surface area contributed by atoms with Crippen molar-refractivity contribution in [2.75, 3.05) is 26.2 Å². The normalized spacial score (nSPS) is 23.2. The Bertz CT molecular complexity index is 450. The highest BCUT2D eigenvalue weighted by Gasteiger charge is 2.21. The number of carbonyl (C=O) groups excluding carboxylic acids is 1. The summed E-state index contributed by atoms with van der Waals surface area (Å²) in [5.41, 5.74) is 1.10. The van der Waals surface area contributed by atoms with Crippen molar-refractivity contribution in [1.29, 1.82) is 0 Å². The first-order valence-electron chi connectivity index (χ1n) is 7.65. The molecule has 0 saturated carbocycles. The highest BCUT2D eigenvalue weighted by atomic mass is 16.5. The number of aryl methyl sites for hydroxylation is 2. The van der Waals surface area contributed by atoms with Crippen molar-refractivity contribution in [1.82, 2.24) is 20.0 Å². The van der Waals surface area contributed by atoms with Gasteiger partial charge in [0.15, 0.2) is 0 Å². The molecule has 6 nitrogen and oxygen atoms in total. The summed E-state index contributed by atoms with van der Waals surface area (Å²) < 4.78 is 7.45. The smallest absolute Gasteiger partial charge is 0.220 e. The molecule has 1 aliphatic heterocycles. The summed E-state index contributed by atoms with van der Waals surface area (Å²) in [6.07, 6.45) is 5.56. The minimum atomic E-state index is 0.105. The van der Waals surface area contributed by atoms with E-state index in [1.165, 1.54) is 0 Å². The number of nitrogens with one attached hydrogen (secondary N) is 1. The van der Waals surface area contributed by atoms with Crippen LogP contribution in [0.1, 0.15) is 25.8 Å². The summed E-state index contributed by atoms with van der Waals surface area (Å²) in [7, 11) is 1.88. The van der Waals surface area contributed by atoms with Gasteiger partial charge >= 0.3 is 0 Å². The quantitative estimate of drug-likeness (QED) is 0.834. The van der Waals surface area contributed by atoms with Crippen LogP contribution < -0.4 is 5.32 Å². The lowest BCUT2D eigenvalue weighted by Gasteiger charge is -2.35. The molecule has 2 heterocycles. The average molecular weight is 294 g/mol. The maximum Gasteiger partial charge on any atom is 0.220 e. The Morgan fingerprint density at radius 2 is 2.14 bits per heavy atom. The van der Waals surface area contributed by atoms with Gasteiger partial charge in [0, 0.05) is 45.8 Å². The molecule has 0 bridgehead atoms. The van der Waals surface area contributed by atoms with Crippen molar-refractivity contribution < 1.29 is 9.53 Å². The first-order valence-corrected chi connectivity index (χ1v) is 7.65. The molecular formula is C15H26N4O2. The van der Waals surface area contributed by atoms with Gasteiger partial charge in [-0.3, -0.25) is 14.4 Å². The molecule has 2 rings (SSSR count). The molecule has 0 spiro atoms. The predicted molar refractivity (Wildman–Crippen MR) is 81.0 cm³/mol. The third kappa shape index (κ3) is 5.47. The molecule has 0 unspecified atom stereocenters. The number of aromatic nitrogens is 2. The van der Waals surface area contributed by atoms with Crippen molar-refractivity contribution >= 4 is 5.91 Å². The summed E-state index contributed by atoms with van der Waals surface area (Å²) >= 11 is 0. The molecule has 6 heteroatoms. The Morgan fingerprint density at radius 1 is 1.43 bits per heavy atom. The van der Waals surface area contributed by atoms with Gasteiger partial charge in [-0.1, -0.05) is 0 Å². The molecule has 1 saturated heterocycles. The highest BCUT2D eigenvalue weighted by Crippen LogP contribution is 2.09. The fraction of sp³-hybridized carbons (Fsp3) is 0.733. The van der Waals surface area contributed by atoms with Gasteiger partial charge in [0.05, 0.1) is 18.4 Å². The molecule has 1 aliphatic rings. The van der Waals surface area contributed by atoms with Crippen LogP contribution in [0.3, 0.4) is 0 Å². The molecule has 118 valence electrons. The maximum atomic E-state index is 11.8. The number of amides is 1. The van der Waals surface area contributed by atoms with Gasteiger partial charge < -0.3 is 10.1 Å². The average Bonchev–Trinajstić information content (AvgIpc) is 2.81.